The minimum atomic E-state index is -0.344. The summed E-state index contributed by atoms with van der Waals surface area (Å²) in [6, 6.07) is 6.22. The first-order valence-corrected chi connectivity index (χ1v) is 6.90. The van der Waals surface area contributed by atoms with Gasteiger partial charge in [-0.2, -0.15) is 0 Å². The lowest BCUT2D eigenvalue weighted by Gasteiger charge is -2.29. The van der Waals surface area contributed by atoms with Crippen LogP contribution in [0.1, 0.15) is 50.5 Å². The molecule has 2 N–H and O–H groups in total. The second kappa shape index (κ2) is 4.39. The average Bonchev–Trinajstić information content (AvgIpc) is 2.83. The Morgan fingerprint density at radius 1 is 1.28 bits per heavy atom. The van der Waals surface area contributed by atoms with Crippen LogP contribution in [0.25, 0.3) is 11.1 Å². The van der Waals surface area contributed by atoms with E-state index in [1.165, 1.54) is 24.8 Å². The first-order valence-electron chi connectivity index (χ1n) is 6.90. The molecule has 0 saturated heterocycles. The van der Waals surface area contributed by atoms with Crippen molar-refractivity contribution in [2.75, 3.05) is 0 Å². The third kappa shape index (κ3) is 1.93. The second-order valence-corrected chi connectivity index (χ2v) is 5.39. The van der Waals surface area contributed by atoms with E-state index < -0.39 is 0 Å². The van der Waals surface area contributed by atoms with Gasteiger partial charge in [0.15, 0.2) is 5.58 Å². The number of fused-ring (bicyclic) bond motifs is 1. The van der Waals surface area contributed by atoms with Gasteiger partial charge in [-0.1, -0.05) is 32.3 Å². The summed E-state index contributed by atoms with van der Waals surface area (Å²) in [6.45, 7) is 2.15. The number of benzene rings is 1. The Morgan fingerprint density at radius 3 is 2.78 bits per heavy atom. The van der Waals surface area contributed by atoms with Crippen LogP contribution in [-0.2, 0) is 12.0 Å². The van der Waals surface area contributed by atoms with Crippen molar-refractivity contribution in [3.8, 4) is 0 Å². The minimum Gasteiger partial charge on any atom is -0.439 e. The molecular formula is C15H20N2O. The Labute approximate surface area is 107 Å². The highest BCUT2D eigenvalue weighted by Crippen LogP contribution is 2.35. The highest BCUT2D eigenvalue weighted by Gasteiger charge is 2.34. The summed E-state index contributed by atoms with van der Waals surface area (Å²) in [5.74, 6) is 0.727. The number of rotatable bonds is 2. The van der Waals surface area contributed by atoms with Crippen molar-refractivity contribution in [3.05, 3.63) is 29.7 Å². The van der Waals surface area contributed by atoms with Crippen molar-refractivity contribution >= 4 is 11.1 Å². The quantitative estimate of drug-likeness (QED) is 0.879. The number of oxazole rings is 1. The monoisotopic (exact) mass is 244 g/mol. The van der Waals surface area contributed by atoms with Crippen LogP contribution in [0.2, 0.25) is 0 Å². The molecule has 3 heteroatoms. The van der Waals surface area contributed by atoms with Gasteiger partial charge in [0.2, 0.25) is 5.89 Å². The molecule has 3 nitrogen and oxygen atoms in total. The van der Waals surface area contributed by atoms with Crippen LogP contribution >= 0.6 is 0 Å². The predicted molar refractivity (Wildman–Crippen MR) is 72.3 cm³/mol. The molecule has 1 saturated carbocycles. The van der Waals surface area contributed by atoms with Crippen LogP contribution in [0.3, 0.4) is 0 Å². The number of hydrogen-bond acceptors (Lipinski definition) is 3. The molecule has 96 valence electrons. The molecule has 18 heavy (non-hydrogen) atoms. The zero-order chi connectivity index (χ0) is 12.6. The van der Waals surface area contributed by atoms with Gasteiger partial charge in [-0.05, 0) is 37.0 Å². The van der Waals surface area contributed by atoms with Crippen molar-refractivity contribution in [1.82, 2.24) is 4.98 Å². The summed E-state index contributed by atoms with van der Waals surface area (Å²) >= 11 is 0. The predicted octanol–water partition coefficient (Wildman–Crippen LogP) is 3.51. The van der Waals surface area contributed by atoms with Crippen molar-refractivity contribution in [1.29, 1.82) is 0 Å². The number of hydrogen-bond donors (Lipinski definition) is 1. The maximum absolute atomic E-state index is 6.46. The standard InChI is InChI=1S/C15H20N2O/c1-2-11-6-7-13-12(10-11)17-14(18-13)15(16)8-4-3-5-9-15/h6-7,10H,2-5,8-9,16H2,1H3. The number of nitrogens with zero attached hydrogens (tertiary/aromatic N) is 1. The van der Waals surface area contributed by atoms with E-state index in [0.29, 0.717) is 0 Å². The lowest BCUT2D eigenvalue weighted by Crippen LogP contribution is -2.38. The van der Waals surface area contributed by atoms with Crippen LogP contribution in [0, 0.1) is 0 Å². The topological polar surface area (TPSA) is 52.0 Å². The molecule has 0 amide bonds. The van der Waals surface area contributed by atoms with E-state index in [-0.39, 0.29) is 5.54 Å². The Bertz CT molecular complexity index is 553. The molecule has 0 atom stereocenters. The number of nitrogens with two attached hydrogens (primary N) is 1. The van der Waals surface area contributed by atoms with E-state index in [1.807, 2.05) is 6.07 Å². The van der Waals surface area contributed by atoms with Crippen molar-refractivity contribution in [2.45, 2.75) is 51.0 Å². The highest BCUT2D eigenvalue weighted by atomic mass is 16.4. The van der Waals surface area contributed by atoms with Gasteiger partial charge in [0, 0.05) is 0 Å². The van der Waals surface area contributed by atoms with Crippen molar-refractivity contribution in [3.63, 3.8) is 0 Å². The van der Waals surface area contributed by atoms with Gasteiger partial charge >= 0.3 is 0 Å². The van der Waals surface area contributed by atoms with Gasteiger partial charge < -0.3 is 10.2 Å². The SMILES string of the molecule is CCc1ccc2oc(C3(N)CCCCC3)nc2c1. The fourth-order valence-electron chi connectivity index (χ4n) is 2.80. The van der Waals surface area contributed by atoms with E-state index in [2.05, 4.69) is 24.0 Å². The van der Waals surface area contributed by atoms with Crippen LogP contribution in [0.5, 0.6) is 0 Å². The summed E-state index contributed by atoms with van der Waals surface area (Å²) in [5.41, 5.74) is 9.21. The summed E-state index contributed by atoms with van der Waals surface area (Å²) in [5, 5.41) is 0. The van der Waals surface area contributed by atoms with Crippen molar-refractivity contribution < 1.29 is 4.42 Å². The van der Waals surface area contributed by atoms with E-state index in [9.17, 15) is 0 Å². The van der Waals surface area contributed by atoms with Gasteiger partial charge in [0.05, 0.1) is 5.54 Å². The van der Waals surface area contributed by atoms with Gasteiger partial charge in [-0.3, -0.25) is 0 Å². The van der Waals surface area contributed by atoms with Crippen LogP contribution in [-0.4, -0.2) is 4.98 Å². The minimum absolute atomic E-state index is 0.344. The number of aromatic nitrogens is 1. The van der Waals surface area contributed by atoms with Gasteiger partial charge in [0.25, 0.3) is 0 Å². The molecule has 2 aromatic rings. The third-order valence-corrected chi connectivity index (χ3v) is 4.03. The maximum Gasteiger partial charge on any atom is 0.215 e. The summed E-state index contributed by atoms with van der Waals surface area (Å²) < 4.78 is 5.87. The molecule has 1 aliphatic carbocycles. The molecule has 0 radical (unpaired) electrons. The Morgan fingerprint density at radius 2 is 2.06 bits per heavy atom. The van der Waals surface area contributed by atoms with Crippen LogP contribution < -0.4 is 5.73 Å². The van der Waals surface area contributed by atoms with Gasteiger partial charge in [-0.25, -0.2) is 4.98 Å². The van der Waals surface area contributed by atoms with Crippen LogP contribution in [0.15, 0.2) is 22.6 Å². The smallest absolute Gasteiger partial charge is 0.215 e. The molecular weight excluding hydrogens is 224 g/mol. The third-order valence-electron chi connectivity index (χ3n) is 4.03. The molecule has 0 spiro atoms. The van der Waals surface area contributed by atoms with Crippen molar-refractivity contribution in [2.24, 2.45) is 5.73 Å². The van der Waals surface area contributed by atoms with E-state index in [4.69, 9.17) is 10.2 Å². The summed E-state index contributed by atoms with van der Waals surface area (Å²) in [4.78, 5) is 4.63. The second-order valence-electron chi connectivity index (χ2n) is 5.39. The van der Waals surface area contributed by atoms with Gasteiger partial charge in [0.1, 0.15) is 5.52 Å². The summed E-state index contributed by atoms with van der Waals surface area (Å²) in [7, 11) is 0. The highest BCUT2D eigenvalue weighted by molar-refractivity contribution is 5.73. The Hall–Kier alpha value is -1.35. The number of aryl methyl sites for hydroxylation is 1. The molecule has 1 aromatic heterocycles. The average molecular weight is 244 g/mol. The zero-order valence-electron chi connectivity index (χ0n) is 10.9. The Balaban J connectivity index is 2.02. The molecule has 0 aliphatic heterocycles. The molecule has 1 fully saturated rings. The van der Waals surface area contributed by atoms with Crippen LogP contribution in [0.4, 0.5) is 0 Å². The largest absolute Gasteiger partial charge is 0.439 e. The van der Waals surface area contributed by atoms with E-state index in [1.54, 1.807) is 0 Å². The van der Waals surface area contributed by atoms with E-state index in [0.717, 1.165) is 36.3 Å². The van der Waals surface area contributed by atoms with E-state index >= 15 is 0 Å². The normalized spacial score (nSPS) is 19.2. The molecule has 3 rings (SSSR count). The molecule has 0 bridgehead atoms. The first kappa shape index (κ1) is 11.7. The lowest BCUT2D eigenvalue weighted by molar-refractivity contribution is 0.248. The van der Waals surface area contributed by atoms with Gasteiger partial charge in [-0.15, -0.1) is 0 Å². The first-order chi connectivity index (χ1) is 8.71. The fourth-order valence-corrected chi connectivity index (χ4v) is 2.80. The fraction of sp³-hybridized carbons (Fsp3) is 0.533. The summed E-state index contributed by atoms with van der Waals surface area (Å²) in [6.07, 6.45) is 6.62. The molecule has 1 aliphatic rings. The molecule has 0 unspecified atom stereocenters. The zero-order valence-corrected chi connectivity index (χ0v) is 10.9. The molecule has 1 aromatic carbocycles. The molecule has 1 heterocycles. The maximum atomic E-state index is 6.46. The Kier molecular flexibility index (Phi) is 2.86. The lowest BCUT2D eigenvalue weighted by atomic mass is 9.82.